The van der Waals surface area contributed by atoms with E-state index in [1.165, 1.54) is 17.3 Å². The van der Waals surface area contributed by atoms with Gasteiger partial charge in [0.15, 0.2) is 0 Å². The van der Waals surface area contributed by atoms with Gasteiger partial charge in [-0.05, 0) is 24.3 Å². The van der Waals surface area contributed by atoms with Crippen LogP contribution in [-0.4, -0.2) is 56.9 Å². The van der Waals surface area contributed by atoms with Crippen molar-refractivity contribution in [3.05, 3.63) is 71.5 Å². The molecule has 178 valence electrons. The van der Waals surface area contributed by atoms with Crippen molar-refractivity contribution in [2.45, 2.75) is 18.6 Å². The second kappa shape index (κ2) is 7.51. The largest absolute Gasteiger partial charge is 0.417 e. The average Bonchev–Trinajstić information content (AvgIpc) is 3.62. The first-order valence-electron chi connectivity index (χ1n) is 10.5. The Kier molecular flexibility index (Phi) is 4.52. The fourth-order valence-corrected chi connectivity index (χ4v) is 4.17. The number of carbonyl (C=O) groups excluding carboxylic acids is 1. The number of fused-ring (bicyclic) bond motifs is 2. The van der Waals surface area contributed by atoms with E-state index in [0.29, 0.717) is 29.0 Å². The number of aromatic nitrogens is 8. The van der Waals surface area contributed by atoms with Crippen LogP contribution in [0.5, 0.6) is 0 Å². The maximum atomic E-state index is 13.4. The lowest BCUT2D eigenvalue weighted by molar-refractivity contribution is -0.137. The molecule has 1 aliphatic heterocycles. The van der Waals surface area contributed by atoms with Gasteiger partial charge in [-0.3, -0.25) is 9.48 Å². The third-order valence-corrected chi connectivity index (χ3v) is 5.81. The third-order valence-electron chi connectivity index (χ3n) is 5.81. The van der Waals surface area contributed by atoms with Crippen LogP contribution in [0, 0.1) is 0 Å². The summed E-state index contributed by atoms with van der Waals surface area (Å²) in [6.07, 6.45) is 0.107. The summed E-state index contributed by atoms with van der Waals surface area (Å²) in [6, 6.07) is 4.85. The standard InChI is InChI=1S/C21H16F3N9O2/c1-31-6-4-14(29-31)18-27-28-19(35-18)20(34)32-7-5-13-16(26-10-25-13)17(32)15-8-12-3-2-11(21(22,23)24)9-33(12)30-15/h2-4,6,8-10,17H,5,7H2,1H3,(H,25,26). The molecule has 1 atom stereocenters. The molecule has 5 aromatic heterocycles. The SMILES string of the molecule is Cn1ccc(-c2nnc(C(=O)N3CCc4[nH]cnc4C3c3cc4ccc(C(F)(F)F)cn4n3)o2)n1. The number of nitrogens with one attached hydrogen (secondary N) is 1. The fraction of sp³-hybridized carbons (Fsp3) is 0.238. The van der Waals surface area contributed by atoms with Crippen molar-refractivity contribution in [2.75, 3.05) is 6.54 Å². The monoisotopic (exact) mass is 483 g/mol. The number of aromatic amines is 1. The summed E-state index contributed by atoms with van der Waals surface area (Å²) in [6.45, 7) is 0.279. The number of halogens is 3. The van der Waals surface area contributed by atoms with E-state index in [9.17, 15) is 18.0 Å². The number of aryl methyl sites for hydroxylation is 1. The van der Waals surface area contributed by atoms with Gasteiger partial charge in [0.05, 0.1) is 28.8 Å². The summed E-state index contributed by atoms with van der Waals surface area (Å²) >= 11 is 0. The molecule has 0 bridgehead atoms. The van der Waals surface area contributed by atoms with Crippen LogP contribution >= 0.6 is 0 Å². The molecule has 0 aromatic carbocycles. The fourth-order valence-electron chi connectivity index (χ4n) is 4.17. The number of imidazole rings is 1. The molecule has 1 unspecified atom stereocenters. The van der Waals surface area contributed by atoms with Gasteiger partial charge < -0.3 is 14.3 Å². The van der Waals surface area contributed by atoms with Crippen LogP contribution in [0.4, 0.5) is 13.2 Å². The van der Waals surface area contributed by atoms with Crippen molar-refractivity contribution in [3.63, 3.8) is 0 Å². The quantitative estimate of drug-likeness (QED) is 0.419. The Bertz CT molecular complexity index is 1560. The number of carbonyl (C=O) groups is 1. The van der Waals surface area contributed by atoms with Gasteiger partial charge >= 0.3 is 18.0 Å². The second-order valence-electron chi connectivity index (χ2n) is 8.06. The molecule has 6 rings (SSSR count). The van der Waals surface area contributed by atoms with E-state index in [2.05, 4.69) is 30.4 Å². The number of H-pyrrole nitrogens is 1. The minimum atomic E-state index is -4.51. The highest BCUT2D eigenvalue weighted by atomic mass is 19.4. The summed E-state index contributed by atoms with van der Waals surface area (Å²) in [5, 5.41) is 16.4. The Balaban J connectivity index is 1.39. The van der Waals surface area contributed by atoms with Crippen molar-refractivity contribution >= 4 is 11.4 Å². The predicted molar refractivity (Wildman–Crippen MR) is 112 cm³/mol. The van der Waals surface area contributed by atoms with Gasteiger partial charge in [-0.1, -0.05) is 0 Å². The molecule has 1 aliphatic rings. The number of nitrogens with zero attached hydrogens (tertiary/aromatic N) is 8. The van der Waals surface area contributed by atoms with Gasteiger partial charge in [-0.25, -0.2) is 9.50 Å². The van der Waals surface area contributed by atoms with Crippen LogP contribution in [0.2, 0.25) is 0 Å². The van der Waals surface area contributed by atoms with Crippen molar-refractivity contribution < 1.29 is 22.4 Å². The zero-order chi connectivity index (χ0) is 24.3. The van der Waals surface area contributed by atoms with E-state index in [0.717, 1.165) is 22.5 Å². The van der Waals surface area contributed by atoms with Gasteiger partial charge in [0.2, 0.25) is 0 Å². The van der Waals surface area contributed by atoms with Crippen molar-refractivity contribution in [1.29, 1.82) is 0 Å². The van der Waals surface area contributed by atoms with Crippen molar-refractivity contribution in [2.24, 2.45) is 7.05 Å². The summed E-state index contributed by atoms with van der Waals surface area (Å²) < 4.78 is 47.8. The van der Waals surface area contributed by atoms with Crippen molar-refractivity contribution in [3.8, 4) is 11.6 Å². The van der Waals surface area contributed by atoms with Crippen LogP contribution in [0.3, 0.4) is 0 Å². The number of alkyl halides is 3. The van der Waals surface area contributed by atoms with E-state index < -0.39 is 23.7 Å². The zero-order valence-electron chi connectivity index (χ0n) is 18.1. The van der Waals surface area contributed by atoms with Gasteiger partial charge in [-0.15, -0.1) is 10.2 Å². The number of hydrogen-bond acceptors (Lipinski definition) is 7. The number of pyridine rings is 1. The lowest BCUT2D eigenvalue weighted by Gasteiger charge is -2.32. The normalized spacial score (nSPS) is 16.1. The summed E-state index contributed by atoms with van der Waals surface area (Å²) in [4.78, 5) is 22.3. The molecule has 0 saturated carbocycles. The van der Waals surface area contributed by atoms with Gasteiger partial charge in [0.1, 0.15) is 11.7 Å². The maximum absolute atomic E-state index is 13.4. The molecule has 0 saturated heterocycles. The van der Waals surface area contributed by atoms with Crippen LogP contribution in [0.15, 0.2) is 47.4 Å². The van der Waals surface area contributed by atoms with E-state index in [1.807, 2.05) is 0 Å². The van der Waals surface area contributed by atoms with E-state index >= 15 is 0 Å². The molecule has 0 fully saturated rings. The minimum Gasteiger partial charge on any atom is -0.411 e. The Morgan fingerprint density at radius 2 is 2.06 bits per heavy atom. The zero-order valence-corrected chi connectivity index (χ0v) is 18.1. The minimum absolute atomic E-state index is 0.0929. The van der Waals surface area contributed by atoms with Gasteiger partial charge in [0.25, 0.3) is 5.89 Å². The predicted octanol–water partition coefficient (Wildman–Crippen LogP) is 2.65. The summed E-state index contributed by atoms with van der Waals surface area (Å²) in [5.74, 6) is -0.695. The Morgan fingerprint density at radius 3 is 2.83 bits per heavy atom. The van der Waals surface area contributed by atoms with Crippen molar-refractivity contribution in [1.82, 2.24) is 44.5 Å². The average molecular weight is 483 g/mol. The second-order valence-corrected chi connectivity index (χ2v) is 8.06. The van der Waals surface area contributed by atoms with E-state index in [-0.39, 0.29) is 18.3 Å². The lowest BCUT2D eigenvalue weighted by Crippen LogP contribution is -2.41. The molecule has 0 spiro atoms. The molecular weight excluding hydrogens is 467 g/mol. The molecule has 14 heteroatoms. The molecule has 0 aliphatic carbocycles. The maximum Gasteiger partial charge on any atom is 0.417 e. The van der Waals surface area contributed by atoms with E-state index in [1.54, 1.807) is 30.1 Å². The Hall–Kier alpha value is -4.49. The first-order chi connectivity index (χ1) is 16.8. The van der Waals surface area contributed by atoms with Crippen LogP contribution < -0.4 is 0 Å². The molecular formula is C21H16F3N9O2. The first kappa shape index (κ1) is 21.1. The topological polar surface area (TPSA) is 123 Å². The van der Waals surface area contributed by atoms with Gasteiger partial charge in [0, 0.05) is 38.1 Å². The number of hydrogen-bond donors (Lipinski definition) is 1. The molecule has 5 aromatic rings. The molecule has 6 heterocycles. The van der Waals surface area contributed by atoms with E-state index in [4.69, 9.17) is 4.42 Å². The summed E-state index contributed by atoms with van der Waals surface area (Å²) in [5.41, 5.74) is 1.75. The number of amides is 1. The van der Waals surface area contributed by atoms with Gasteiger partial charge in [-0.2, -0.15) is 23.4 Å². The molecule has 0 radical (unpaired) electrons. The summed E-state index contributed by atoms with van der Waals surface area (Å²) in [7, 11) is 1.73. The Labute approximate surface area is 194 Å². The molecule has 35 heavy (non-hydrogen) atoms. The van der Waals surface area contributed by atoms with Crippen LogP contribution in [0.1, 0.15) is 39.4 Å². The Morgan fingerprint density at radius 1 is 1.20 bits per heavy atom. The number of rotatable bonds is 3. The lowest BCUT2D eigenvalue weighted by atomic mass is 9.99. The highest BCUT2D eigenvalue weighted by molar-refractivity contribution is 5.90. The first-order valence-corrected chi connectivity index (χ1v) is 10.5. The molecule has 11 nitrogen and oxygen atoms in total. The highest BCUT2D eigenvalue weighted by Gasteiger charge is 2.38. The van der Waals surface area contributed by atoms with Crippen LogP contribution in [-0.2, 0) is 19.6 Å². The smallest absolute Gasteiger partial charge is 0.411 e. The van der Waals surface area contributed by atoms with Crippen LogP contribution in [0.25, 0.3) is 17.1 Å². The molecule has 1 N–H and O–H groups in total. The molecule has 1 amide bonds. The highest BCUT2D eigenvalue weighted by Crippen LogP contribution is 2.35. The third kappa shape index (κ3) is 3.53.